The molecule has 0 radical (unpaired) electrons. The highest BCUT2D eigenvalue weighted by Gasteiger charge is 2.21. The monoisotopic (exact) mass is 303 g/mol. The third kappa shape index (κ3) is 2.98. The summed E-state index contributed by atoms with van der Waals surface area (Å²) in [6.07, 6.45) is 1.10. The van der Waals surface area contributed by atoms with Crippen LogP contribution in [0.1, 0.15) is 12.0 Å². The Bertz CT molecular complexity index is 372. The Balaban J connectivity index is 1.97. The Morgan fingerprint density at radius 3 is 2.94 bits per heavy atom. The molecule has 0 aromatic heterocycles. The lowest BCUT2D eigenvalue weighted by Crippen LogP contribution is -2.20. The Labute approximate surface area is 109 Å². The summed E-state index contributed by atoms with van der Waals surface area (Å²) in [4.78, 5) is 2.37. The molecule has 2 rings (SSSR count). The van der Waals surface area contributed by atoms with Crippen molar-refractivity contribution in [2.75, 3.05) is 19.7 Å². The van der Waals surface area contributed by atoms with Crippen LogP contribution in [0, 0.1) is 5.92 Å². The number of rotatable bonds is 3. The van der Waals surface area contributed by atoms with E-state index in [2.05, 4.69) is 33.0 Å². The first-order valence-electron chi connectivity index (χ1n) is 5.46. The summed E-state index contributed by atoms with van der Waals surface area (Å²) in [7, 11) is 0. The zero-order valence-corrected chi connectivity index (χ0v) is 11.3. The van der Waals surface area contributed by atoms with Crippen LogP contribution in [-0.2, 0) is 6.54 Å². The van der Waals surface area contributed by atoms with E-state index >= 15 is 0 Å². The first kappa shape index (κ1) is 12.4. The van der Waals surface area contributed by atoms with Crippen LogP contribution in [-0.4, -0.2) is 29.7 Å². The molecule has 0 aliphatic carbocycles. The van der Waals surface area contributed by atoms with Crippen LogP contribution in [0.2, 0.25) is 5.02 Å². The van der Waals surface area contributed by atoms with Crippen LogP contribution in [0.15, 0.2) is 22.7 Å². The molecule has 1 aromatic rings. The summed E-state index contributed by atoms with van der Waals surface area (Å²) in [6, 6.07) is 6.04. The third-order valence-corrected chi connectivity index (χ3v) is 4.23. The molecular weight excluding hydrogens is 289 g/mol. The molecule has 1 atom stereocenters. The Kier molecular flexibility index (Phi) is 4.25. The SMILES string of the molecule is OCC1CCN(Cc2ccc(Cl)c(Br)c2)C1. The number of aliphatic hydroxyl groups excluding tert-OH is 1. The predicted octanol–water partition coefficient (Wildman–Crippen LogP) is 2.92. The summed E-state index contributed by atoms with van der Waals surface area (Å²) in [5.41, 5.74) is 1.26. The fraction of sp³-hybridized carbons (Fsp3) is 0.500. The van der Waals surface area contributed by atoms with Crippen LogP contribution >= 0.6 is 27.5 Å². The van der Waals surface area contributed by atoms with Gasteiger partial charge in [-0.3, -0.25) is 4.90 Å². The van der Waals surface area contributed by atoms with Gasteiger partial charge in [-0.1, -0.05) is 17.7 Å². The predicted molar refractivity (Wildman–Crippen MR) is 69.6 cm³/mol. The highest BCUT2D eigenvalue weighted by atomic mass is 79.9. The third-order valence-electron chi connectivity index (χ3n) is 3.02. The van der Waals surface area contributed by atoms with Gasteiger partial charge in [-0.15, -0.1) is 0 Å². The van der Waals surface area contributed by atoms with Gasteiger partial charge in [0, 0.05) is 24.2 Å². The summed E-state index contributed by atoms with van der Waals surface area (Å²) < 4.78 is 0.949. The quantitative estimate of drug-likeness (QED) is 0.928. The Morgan fingerprint density at radius 1 is 1.50 bits per heavy atom. The minimum Gasteiger partial charge on any atom is -0.396 e. The zero-order chi connectivity index (χ0) is 11.5. The molecule has 0 bridgehead atoms. The van der Waals surface area contributed by atoms with E-state index in [9.17, 15) is 0 Å². The van der Waals surface area contributed by atoms with Gasteiger partial charge in [0.2, 0.25) is 0 Å². The minimum absolute atomic E-state index is 0.306. The number of hydrogen-bond acceptors (Lipinski definition) is 2. The van der Waals surface area contributed by atoms with Gasteiger partial charge in [0.25, 0.3) is 0 Å². The minimum atomic E-state index is 0.306. The second-order valence-electron chi connectivity index (χ2n) is 4.32. The molecule has 1 saturated heterocycles. The fourth-order valence-corrected chi connectivity index (χ4v) is 2.65. The molecular formula is C12H15BrClNO. The number of benzene rings is 1. The van der Waals surface area contributed by atoms with Gasteiger partial charge in [-0.25, -0.2) is 0 Å². The highest BCUT2D eigenvalue weighted by molar-refractivity contribution is 9.10. The van der Waals surface area contributed by atoms with Crippen molar-refractivity contribution in [3.05, 3.63) is 33.3 Å². The number of halogens is 2. The summed E-state index contributed by atoms with van der Waals surface area (Å²) in [6.45, 7) is 3.31. The molecule has 1 unspecified atom stereocenters. The standard InChI is InChI=1S/C12H15BrClNO/c13-11-5-9(1-2-12(11)14)6-15-4-3-10(7-15)8-16/h1-2,5,10,16H,3-4,6-8H2. The molecule has 2 nitrogen and oxygen atoms in total. The smallest absolute Gasteiger partial charge is 0.0548 e. The Morgan fingerprint density at radius 2 is 2.31 bits per heavy atom. The van der Waals surface area contributed by atoms with Crippen LogP contribution in [0.5, 0.6) is 0 Å². The first-order valence-corrected chi connectivity index (χ1v) is 6.63. The number of hydrogen-bond donors (Lipinski definition) is 1. The molecule has 1 N–H and O–H groups in total. The lowest BCUT2D eigenvalue weighted by Gasteiger charge is -2.15. The number of likely N-dealkylation sites (tertiary alicyclic amines) is 1. The van der Waals surface area contributed by atoms with Crippen molar-refractivity contribution in [2.45, 2.75) is 13.0 Å². The molecule has 88 valence electrons. The van der Waals surface area contributed by atoms with Gasteiger partial charge in [0.1, 0.15) is 0 Å². The highest BCUT2D eigenvalue weighted by Crippen LogP contribution is 2.25. The fourth-order valence-electron chi connectivity index (χ4n) is 2.10. The second kappa shape index (κ2) is 5.50. The second-order valence-corrected chi connectivity index (χ2v) is 5.58. The molecule has 0 saturated carbocycles. The molecule has 16 heavy (non-hydrogen) atoms. The normalized spacial score (nSPS) is 21.6. The van der Waals surface area contributed by atoms with Crippen LogP contribution in [0.4, 0.5) is 0 Å². The largest absolute Gasteiger partial charge is 0.396 e. The molecule has 1 aromatic carbocycles. The maximum Gasteiger partial charge on any atom is 0.0548 e. The Hall–Kier alpha value is -0.0900. The summed E-state index contributed by atoms with van der Waals surface area (Å²) >= 11 is 9.38. The van der Waals surface area contributed by atoms with Gasteiger partial charge in [-0.2, -0.15) is 0 Å². The molecule has 1 aliphatic heterocycles. The van der Waals surface area contributed by atoms with Crippen molar-refractivity contribution in [3.63, 3.8) is 0 Å². The summed E-state index contributed by atoms with van der Waals surface area (Å²) in [5.74, 6) is 0.454. The van der Waals surface area contributed by atoms with Crippen molar-refractivity contribution in [3.8, 4) is 0 Å². The maximum absolute atomic E-state index is 9.08. The van der Waals surface area contributed by atoms with Gasteiger partial charge in [-0.05, 0) is 52.5 Å². The van der Waals surface area contributed by atoms with E-state index in [0.29, 0.717) is 12.5 Å². The van der Waals surface area contributed by atoms with Crippen LogP contribution in [0.25, 0.3) is 0 Å². The molecule has 0 spiro atoms. The van der Waals surface area contributed by atoms with Crippen molar-refractivity contribution in [2.24, 2.45) is 5.92 Å². The van der Waals surface area contributed by atoms with Gasteiger partial charge in [0.15, 0.2) is 0 Å². The topological polar surface area (TPSA) is 23.5 Å². The van der Waals surface area contributed by atoms with E-state index in [-0.39, 0.29) is 0 Å². The average Bonchev–Trinajstić information content (AvgIpc) is 2.71. The molecule has 4 heteroatoms. The van der Waals surface area contributed by atoms with E-state index in [4.69, 9.17) is 16.7 Å². The lowest BCUT2D eigenvalue weighted by atomic mass is 10.1. The number of aliphatic hydroxyl groups is 1. The van der Waals surface area contributed by atoms with Crippen molar-refractivity contribution >= 4 is 27.5 Å². The van der Waals surface area contributed by atoms with Crippen molar-refractivity contribution < 1.29 is 5.11 Å². The average molecular weight is 305 g/mol. The maximum atomic E-state index is 9.08. The molecule has 1 fully saturated rings. The molecule has 0 amide bonds. The molecule has 1 heterocycles. The van der Waals surface area contributed by atoms with Crippen LogP contribution < -0.4 is 0 Å². The van der Waals surface area contributed by atoms with Gasteiger partial charge in [0.05, 0.1) is 5.02 Å². The van der Waals surface area contributed by atoms with E-state index in [1.165, 1.54) is 5.56 Å². The van der Waals surface area contributed by atoms with E-state index in [0.717, 1.165) is 35.6 Å². The molecule has 1 aliphatic rings. The lowest BCUT2D eigenvalue weighted by molar-refractivity contribution is 0.220. The zero-order valence-electron chi connectivity index (χ0n) is 9.00. The van der Waals surface area contributed by atoms with Crippen molar-refractivity contribution in [1.82, 2.24) is 4.90 Å². The van der Waals surface area contributed by atoms with Crippen molar-refractivity contribution in [1.29, 1.82) is 0 Å². The van der Waals surface area contributed by atoms with E-state index < -0.39 is 0 Å². The first-order chi connectivity index (χ1) is 7.69. The van der Waals surface area contributed by atoms with E-state index in [1.54, 1.807) is 0 Å². The van der Waals surface area contributed by atoms with Gasteiger partial charge >= 0.3 is 0 Å². The summed E-state index contributed by atoms with van der Waals surface area (Å²) in [5, 5.41) is 9.83. The van der Waals surface area contributed by atoms with Crippen LogP contribution in [0.3, 0.4) is 0 Å². The number of nitrogens with zero attached hydrogens (tertiary/aromatic N) is 1. The van der Waals surface area contributed by atoms with E-state index in [1.807, 2.05) is 6.07 Å². The van der Waals surface area contributed by atoms with Gasteiger partial charge < -0.3 is 5.11 Å².